The molecule has 3 nitrogen and oxygen atoms in total. The smallest absolute Gasteiger partial charge is 0.108 e. The average molecular weight is 195 g/mol. The molecule has 14 heavy (non-hydrogen) atoms. The second-order valence-corrected chi connectivity index (χ2v) is 3.78. The maximum atomic E-state index is 5.49. The Morgan fingerprint density at radius 1 is 1.57 bits per heavy atom. The summed E-state index contributed by atoms with van der Waals surface area (Å²) in [6, 6.07) is 0.565. The quantitative estimate of drug-likeness (QED) is 0.755. The molecule has 0 amide bonds. The van der Waals surface area contributed by atoms with Gasteiger partial charge in [0.25, 0.3) is 0 Å². The molecule has 0 bridgehead atoms. The number of nitrogens with zero attached hydrogens (tertiary/aromatic N) is 2. The molecule has 0 aromatic carbocycles. The number of nitrogens with two attached hydrogens (primary N) is 1. The number of imidazole rings is 1. The van der Waals surface area contributed by atoms with Crippen LogP contribution in [0, 0.1) is 0 Å². The number of aromatic nitrogens is 2. The lowest BCUT2D eigenvalue weighted by Crippen LogP contribution is -2.10. The van der Waals surface area contributed by atoms with Crippen molar-refractivity contribution in [1.29, 1.82) is 0 Å². The molecule has 0 aliphatic rings. The lowest BCUT2D eigenvalue weighted by molar-refractivity contribution is 0.480. The van der Waals surface area contributed by atoms with Crippen molar-refractivity contribution in [2.45, 2.75) is 45.6 Å². The predicted molar refractivity (Wildman–Crippen MR) is 59.2 cm³/mol. The molecule has 0 fully saturated rings. The Morgan fingerprint density at radius 3 is 3.00 bits per heavy atom. The van der Waals surface area contributed by atoms with Gasteiger partial charge in [-0.25, -0.2) is 4.98 Å². The third-order valence-electron chi connectivity index (χ3n) is 2.53. The van der Waals surface area contributed by atoms with Gasteiger partial charge in [-0.3, -0.25) is 0 Å². The third-order valence-corrected chi connectivity index (χ3v) is 2.53. The molecule has 0 aliphatic heterocycles. The molecule has 0 radical (unpaired) electrons. The van der Waals surface area contributed by atoms with Gasteiger partial charge in [0.15, 0.2) is 0 Å². The van der Waals surface area contributed by atoms with Gasteiger partial charge in [-0.15, -0.1) is 0 Å². The third kappa shape index (κ3) is 2.84. The average Bonchev–Trinajstić information content (AvgIpc) is 2.63. The van der Waals surface area contributed by atoms with E-state index in [4.69, 9.17) is 5.73 Å². The zero-order valence-corrected chi connectivity index (χ0v) is 9.24. The summed E-state index contributed by atoms with van der Waals surface area (Å²) < 4.78 is 2.28. The van der Waals surface area contributed by atoms with Crippen LogP contribution in [-0.2, 0) is 6.42 Å². The summed E-state index contributed by atoms with van der Waals surface area (Å²) in [6.45, 7) is 5.21. The van der Waals surface area contributed by atoms with Gasteiger partial charge in [-0.1, -0.05) is 13.3 Å². The van der Waals surface area contributed by atoms with Gasteiger partial charge in [0.1, 0.15) is 5.82 Å². The topological polar surface area (TPSA) is 43.8 Å². The summed E-state index contributed by atoms with van der Waals surface area (Å²) in [7, 11) is 0. The lowest BCUT2D eigenvalue weighted by Gasteiger charge is -2.15. The number of aryl methyl sites for hydroxylation is 1. The van der Waals surface area contributed by atoms with Crippen LogP contribution in [0.3, 0.4) is 0 Å². The van der Waals surface area contributed by atoms with E-state index in [1.807, 2.05) is 6.20 Å². The molecule has 1 rings (SSSR count). The summed E-state index contributed by atoms with van der Waals surface area (Å²) in [6.07, 6.45) is 8.42. The van der Waals surface area contributed by atoms with Crippen molar-refractivity contribution in [3.8, 4) is 0 Å². The number of hydrogen-bond donors (Lipinski definition) is 1. The first kappa shape index (κ1) is 11.2. The minimum atomic E-state index is 0.565. The molecule has 3 heteroatoms. The minimum Gasteiger partial charge on any atom is -0.332 e. The Kier molecular flexibility index (Phi) is 4.66. The van der Waals surface area contributed by atoms with E-state index in [2.05, 4.69) is 29.6 Å². The van der Waals surface area contributed by atoms with Gasteiger partial charge in [0.05, 0.1) is 0 Å². The zero-order valence-electron chi connectivity index (χ0n) is 9.24. The molecule has 0 spiro atoms. The van der Waals surface area contributed by atoms with Gasteiger partial charge < -0.3 is 10.3 Å². The van der Waals surface area contributed by atoms with Crippen LogP contribution in [0.5, 0.6) is 0 Å². The maximum Gasteiger partial charge on any atom is 0.108 e. The molecular formula is C11H21N3. The fourth-order valence-electron chi connectivity index (χ4n) is 1.76. The molecule has 0 saturated carbocycles. The first-order chi connectivity index (χ1) is 6.79. The zero-order chi connectivity index (χ0) is 10.4. The van der Waals surface area contributed by atoms with Crippen LogP contribution >= 0.6 is 0 Å². The SMILES string of the molecule is CCCC(C)n1ccnc1CCCN. The monoisotopic (exact) mass is 195 g/mol. The van der Waals surface area contributed by atoms with Crippen molar-refractivity contribution < 1.29 is 0 Å². The van der Waals surface area contributed by atoms with Gasteiger partial charge in [-0.2, -0.15) is 0 Å². The van der Waals surface area contributed by atoms with Crippen molar-refractivity contribution in [2.24, 2.45) is 5.73 Å². The van der Waals surface area contributed by atoms with E-state index in [1.165, 1.54) is 18.7 Å². The van der Waals surface area contributed by atoms with E-state index in [-0.39, 0.29) is 0 Å². The Hall–Kier alpha value is -0.830. The van der Waals surface area contributed by atoms with E-state index in [1.54, 1.807) is 0 Å². The van der Waals surface area contributed by atoms with Gasteiger partial charge in [-0.05, 0) is 26.3 Å². The normalized spacial score (nSPS) is 13.1. The molecule has 0 aliphatic carbocycles. The number of hydrogen-bond acceptors (Lipinski definition) is 2. The van der Waals surface area contributed by atoms with Crippen LogP contribution in [0.15, 0.2) is 12.4 Å². The molecular weight excluding hydrogens is 174 g/mol. The first-order valence-electron chi connectivity index (χ1n) is 5.51. The van der Waals surface area contributed by atoms with E-state index in [0.717, 1.165) is 19.4 Å². The highest BCUT2D eigenvalue weighted by Crippen LogP contribution is 2.15. The van der Waals surface area contributed by atoms with Crippen molar-refractivity contribution in [3.63, 3.8) is 0 Å². The largest absolute Gasteiger partial charge is 0.332 e. The highest BCUT2D eigenvalue weighted by atomic mass is 15.1. The second-order valence-electron chi connectivity index (χ2n) is 3.78. The van der Waals surface area contributed by atoms with Crippen molar-refractivity contribution in [2.75, 3.05) is 6.54 Å². The molecule has 1 aromatic rings. The Morgan fingerprint density at radius 2 is 2.36 bits per heavy atom. The summed E-state index contributed by atoms with van der Waals surface area (Å²) in [4.78, 5) is 4.36. The van der Waals surface area contributed by atoms with Crippen LogP contribution in [-0.4, -0.2) is 16.1 Å². The summed E-state index contributed by atoms with van der Waals surface area (Å²) in [5, 5.41) is 0. The molecule has 80 valence electrons. The first-order valence-corrected chi connectivity index (χ1v) is 5.51. The Labute approximate surface area is 86.3 Å². The molecule has 1 unspecified atom stereocenters. The van der Waals surface area contributed by atoms with Crippen molar-refractivity contribution >= 4 is 0 Å². The van der Waals surface area contributed by atoms with Gasteiger partial charge in [0.2, 0.25) is 0 Å². The van der Waals surface area contributed by atoms with Crippen LogP contribution < -0.4 is 5.73 Å². The minimum absolute atomic E-state index is 0.565. The lowest BCUT2D eigenvalue weighted by atomic mass is 10.2. The van der Waals surface area contributed by atoms with Crippen LogP contribution in [0.4, 0.5) is 0 Å². The Bertz CT molecular complexity index is 255. The molecule has 1 heterocycles. The van der Waals surface area contributed by atoms with Crippen LogP contribution in [0.2, 0.25) is 0 Å². The standard InChI is InChI=1S/C11H21N3/c1-3-5-10(2)14-9-8-13-11(14)6-4-7-12/h8-10H,3-7,12H2,1-2H3. The molecule has 1 atom stereocenters. The van der Waals surface area contributed by atoms with E-state index in [0.29, 0.717) is 6.04 Å². The van der Waals surface area contributed by atoms with E-state index in [9.17, 15) is 0 Å². The predicted octanol–water partition coefficient (Wildman–Crippen LogP) is 2.14. The second kappa shape index (κ2) is 5.81. The highest BCUT2D eigenvalue weighted by Gasteiger charge is 2.07. The summed E-state index contributed by atoms with van der Waals surface area (Å²) >= 11 is 0. The molecule has 2 N–H and O–H groups in total. The Balaban J connectivity index is 2.61. The highest BCUT2D eigenvalue weighted by molar-refractivity contribution is 4.95. The van der Waals surface area contributed by atoms with E-state index >= 15 is 0 Å². The van der Waals surface area contributed by atoms with Crippen molar-refractivity contribution in [3.05, 3.63) is 18.2 Å². The summed E-state index contributed by atoms with van der Waals surface area (Å²) in [5.41, 5.74) is 5.49. The van der Waals surface area contributed by atoms with Gasteiger partial charge in [0, 0.05) is 24.9 Å². The van der Waals surface area contributed by atoms with Crippen LogP contribution in [0.25, 0.3) is 0 Å². The van der Waals surface area contributed by atoms with E-state index < -0.39 is 0 Å². The molecule has 0 saturated heterocycles. The fraction of sp³-hybridized carbons (Fsp3) is 0.727. The molecule has 1 aromatic heterocycles. The fourth-order valence-corrected chi connectivity index (χ4v) is 1.76. The summed E-state index contributed by atoms with van der Waals surface area (Å²) in [5.74, 6) is 1.18. The van der Waals surface area contributed by atoms with Crippen LogP contribution in [0.1, 0.15) is 45.0 Å². The maximum absolute atomic E-state index is 5.49. The van der Waals surface area contributed by atoms with Crippen molar-refractivity contribution in [1.82, 2.24) is 9.55 Å². The number of rotatable bonds is 6. The van der Waals surface area contributed by atoms with Gasteiger partial charge >= 0.3 is 0 Å².